The second-order valence-electron chi connectivity index (χ2n) is 3.15. The molecule has 1 unspecified atom stereocenters. The van der Waals surface area contributed by atoms with E-state index in [1.165, 1.54) is 24.3 Å². The molecule has 6 heteroatoms. The number of benzene rings is 1. The molecule has 1 aromatic carbocycles. The molecule has 1 rings (SSSR count). The molecule has 0 aliphatic rings. The van der Waals surface area contributed by atoms with Crippen molar-refractivity contribution >= 4 is 0 Å². The normalized spacial score (nSPS) is 13.1. The van der Waals surface area contributed by atoms with E-state index in [2.05, 4.69) is 5.32 Å². The van der Waals surface area contributed by atoms with Gasteiger partial charge in [0.25, 0.3) is 0 Å². The van der Waals surface area contributed by atoms with Gasteiger partial charge < -0.3 is 5.11 Å². The monoisotopic (exact) mass is 230 g/mol. The lowest BCUT2D eigenvalue weighted by Gasteiger charge is -2.13. The maximum Gasteiger partial charge on any atom is 0.401 e. The Labute approximate surface area is 90.1 Å². The molecular weight excluding hydrogens is 221 g/mol. The second-order valence-corrected chi connectivity index (χ2v) is 3.15. The first-order valence-corrected chi connectivity index (χ1v) is 4.41. The first kappa shape index (κ1) is 12.3. The van der Waals surface area contributed by atoms with Gasteiger partial charge in [-0.15, -0.1) is 0 Å². The quantitative estimate of drug-likeness (QED) is 0.836. The number of hydrogen-bond donors (Lipinski definition) is 2. The van der Waals surface area contributed by atoms with Crippen LogP contribution in [0.3, 0.4) is 0 Å². The van der Waals surface area contributed by atoms with Gasteiger partial charge >= 0.3 is 6.18 Å². The molecule has 0 amide bonds. The van der Waals surface area contributed by atoms with Crippen LogP contribution in [-0.2, 0) is 0 Å². The van der Waals surface area contributed by atoms with Crippen LogP contribution < -0.4 is 5.32 Å². The Morgan fingerprint density at radius 2 is 1.88 bits per heavy atom. The van der Waals surface area contributed by atoms with Crippen molar-refractivity contribution in [2.45, 2.75) is 12.2 Å². The summed E-state index contributed by atoms with van der Waals surface area (Å²) >= 11 is 0. The van der Waals surface area contributed by atoms with Gasteiger partial charge in [-0.3, -0.25) is 5.32 Å². The molecule has 0 bridgehead atoms. The number of nitrogens with one attached hydrogen (secondary N) is 1. The van der Waals surface area contributed by atoms with Gasteiger partial charge in [-0.05, 0) is 17.7 Å². The van der Waals surface area contributed by atoms with Crippen LogP contribution in [0, 0.1) is 11.3 Å². The highest BCUT2D eigenvalue weighted by molar-refractivity contribution is 5.30. The molecule has 86 valence electrons. The van der Waals surface area contributed by atoms with E-state index in [-0.39, 0.29) is 5.75 Å². The van der Waals surface area contributed by atoms with Crippen molar-refractivity contribution in [3.63, 3.8) is 0 Å². The highest BCUT2D eigenvalue weighted by Crippen LogP contribution is 2.19. The lowest BCUT2D eigenvalue weighted by Crippen LogP contribution is -2.31. The maximum atomic E-state index is 11.9. The van der Waals surface area contributed by atoms with Gasteiger partial charge in [0.2, 0.25) is 0 Å². The number of alkyl halides is 3. The summed E-state index contributed by atoms with van der Waals surface area (Å²) < 4.78 is 35.8. The summed E-state index contributed by atoms with van der Waals surface area (Å²) in [5.74, 6) is -0.00346. The van der Waals surface area contributed by atoms with Gasteiger partial charge in [-0.25, -0.2) is 0 Å². The van der Waals surface area contributed by atoms with E-state index in [4.69, 9.17) is 10.4 Å². The van der Waals surface area contributed by atoms with Crippen LogP contribution in [0.1, 0.15) is 11.6 Å². The van der Waals surface area contributed by atoms with Crippen LogP contribution in [0.25, 0.3) is 0 Å². The van der Waals surface area contributed by atoms with Gasteiger partial charge in [-0.1, -0.05) is 12.1 Å². The average Bonchev–Trinajstić information content (AvgIpc) is 2.20. The van der Waals surface area contributed by atoms with E-state index in [0.717, 1.165) is 0 Å². The van der Waals surface area contributed by atoms with Crippen LogP contribution in [0.5, 0.6) is 5.75 Å². The summed E-state index contributed by atoms with van der Waals surface area (Å²) in [6.45, 7) is -1.23. The molecular formula is C10H9F3N2O. The number of nitriles is 1. The van der Waals surface area contributed by atoms with E-state index >= 15 is 0 Å². The zero-order valence-corrected chi connectivity index (χ0v) is 8.12. The van der Waals surface area contributed by atoms with Gasteiger partial charge in [0.05, 0.1) is 12.6 Å². The third-order valence-electron chi connectivity index (χ3n) is 1.86. The molecule has 3 nitrogen and oxygen atoms in total. The zero-order chi connectivity index (χ0) is 12.2. The Bertz CT molecular complexity index is 381. The third kappa shape index (κ3) is 3.79. The van der Waals surface area contributed by atoms with Crippen molar-refractivity contribution in [1.82, 2.24) is 5.32 Å². The Morgan fingerprint density at radius 3 is 2.31 bits per heavy atom. The number of phenolic OH excluding ortho intramolecular Hbond substituents is 1. The van der Waals surface area contributed by atoms with Crippen molar-refractivity contribution < 1.29 is 18.3 Å². The van der Waals surface area contributed by atoms with E-state index < -0.39 is 18.8 Å². The Kier molecular flexibility index (Phi) is 3.74. The molecule has 0 spiro atoms. The van der Waals surface area contributed by atoms with Crippen LogP contribution in [0.15, 0.2) is 24.3 Å². The summed E-state index contributed by atoms with van der Waals surface area (Å²) in [5.41, 5.74) is 0.379. The fourth-order valence-corrected chi connectivity index (χ4v) is 1.12. The standard InChI is InChI=1S/C10H9F3N2O/c11-10(12,13)6-15-9(5-14)7-1-3-8(16)4-2-7/h1-4,9,15-16H,6H2. The van der Waals surface area contributed by atoms with Crippen molar-refractivity contribution in [2.75, 3.05) is 6.54 Å². The number of nitrogens with zero attached hydrogens (tertiary/aromatic N) is 1. The highest BCUT2D eigenvalue weighted by atomic mass is 19.4. The minimum absolute atomic E-state index is 0.00346. The molecule has 0 aromatic heterocycles. The Balaban J connectivity index is 2.69. The molecule has 0 saturated carbocycles. The smallest absolute Gasteiger partial charge is 0.401 e. The summed E-state index contributed by atoms with van der Waals surface area (Å²) in [4.78, 5) is 0. The van der Waals surface area contributed by atoms with Crippen molar-refractivity contribution in [2.24, 2.45) is 0 Å². The van der Waals surface area contributed by atoms with Crippen LogP contribution in [0.4, 0.5) is 13.2 Å². The SMILES string of the molecule is N#CC(NCC(F)(F)F)c1ccc(O)cc1. The molecule has 0 fully saturated rings. The predicted molar refractivity (Wildman–Crippen MR) is 50.5 cm³/mol. The zero-order valence-electron chi connectivity index (χ0n) is 8.12. The molecule has 1 aromatic rings. The van der Waals surface area contributed by atoms with Gasteiger partial charge in [0.15, 0.2) is 0 Å². The lowest BCUT2D eigenvalue weighted by atomic mass is 10.1. The van der Waals surface area contributed by atoms with Crippen LogP contribution in [-0.4, -0.2) is 17.8 Å². The summed E-state index contributed by atoms with van der Waals surface area (Å²) in [6, 6.07) is 6.10. The molecule has 0 heterocycles. The number of rotatable bonds is 3. The maximum absolute atomic E-state index is 11.9. The van der Waals surface area contributed by atoms with Gasteiger partial charge in [0.1, 0.15) is 11.8 Å². The van der Waals surface area contributed by atoms with E-state index in [0.29, 0.717) is 5.56 Å². The Hall–Kier alpha value is -1.74. The Morgan fingerprint density at radius 1 is 1.31 bits per heavy atom. The number of phenols is 1. The minimum Gasteiger partial charge on any atom is -0.508 e. The third-order valence-corrected chi connectivity index (χ3v) is 1.86. The molecule has 0 aliphatic carbocycles. The number of hydrogen-bond acceptors (Lipinski definition) is 3. The van der Waals surface area contributed by atoms with Crippen LogP contribution in [0.2, 0.25) is 0 Å². The largest absolute Gasteiger partial charge is 0.508 e. The second kappa shape index (κ2) is 4.86. The topological polar surface area (TPSA) is 56.0 Å². The number of halogens is 3. The van der Waals surface area contributed by atoms with Crippen molar-refractivity contribution in [3.8, 4) is 11.8 Å². The fraction of sp³-hybridized carbons (Fsp3) is 0.300. The predicted octanol–water partition coefficient (Wildman–Crippen LogP) is 2.11. The molecule has 16 heavy (non-hydrogen) atoms. The molecule has 2 N–H and O–H groups in total. The van der Waals surface area contributed by atoms with E-state index in [1.54, 1.807) is 6.07 Å². The number of aromatic hydroxyl groups is 1. The molecule has 0 saturated heterocycles. The molecule has 0 radical (unpaired) electrons. The van der Waals surface area contributed by atoms with Gasteiger partial charge in [-0.2, -0.15) is 18.4 Å². The first-order chi connectivity index (χ1) is 7.42. The van der Waals surface area contributed by atoms with Crippen molar-refractivity contribution in [1.29, 1.82) is 5.26 Å². The van der Waals surface area contributed by atoms with Crippen LogP contribution >= 0.6 is 0 Å². The van der Waals surface area contributed by atoms with Gasteiger partial charge in [0, 0.05) is 0 Å². The minimum atomic E-state index is -4.36. The summed E-state index contributed by atoms with van der Waals surface area (Å²) in [6.07, 6.45) is -4.36. The summed E-state index contributed by atoms with van der Waals surface area (Å²) in [7, 11) is 0. The highest BCUT2D eigenvalue weighted by Gasteiger charge is 2.28. The first-order valence-electron chi connectivity index (χ1n) is 4.41. The molecule has 0 aliphatic heterocycles. The fourth-order valence-electron chi connectivity index (χ4n) is 1.12. The molecule has 1 atom stereocenters. The van der Waals surface area contributed by atoms with E-state index in [1.807, 2.05) is 0 Å². The van der Waals surface area contributed by atoms with Crippen molar-refractivity contribution in [3.05, 3.63) is 29.8 Å². The van der Waals surface area contributed by atoms with E-state index in [9.17, 15) is 13.2 Å². The summed E-state index contributed by atoms with van der Waals surface area (Å²) in [5, 5.41) is 19.8. The lowest BCUT2D eigenvalue weighted by molar-refractivity contribution is -0.125. The average molecular weight is 230 g/mol.